The number of amides is 2. The molecule has 0 aliphatic heterocycles. The lowest BCUT2D eigenvalue weighted by Gasteiger charge is -2.33. The first-order valence-corrected chi connectivity index (χ1v) is 12.5. The van der Waals surface area contributed by atoms with Gasteiger partial charge in [0.1, 0.15) is 17.8 Å². The number of fused-ring (bicyclic) bond motifs is 1. The molecule has 0 unspecified atom stereocenters. The number of ether oxygens (including phenoxy) is 1. The van der Waals surface area contributed by atoms with Gasteiger partial charge in [-0.1, -0.05) is 24.3 Å². The molecule has 0 saturated carbocycles. The topological polar surface area (TPSA) is 120 Å². The number of furan rings is 1. The van der Waals surface area contributed by atoms with Crippen molar-refractivity contribution in [3.8, 4) is 0 Å². The number of hydrogen-bond donors (Lipinski definition) is 1. The third kappa shape index (κ3) is 5.74. The highest BCUT2D eigenvalue weighted by atomic mass is 16.5. The Bertz CT molecular complexity index is 1410. The molecule has 4 aromatic rings. The van der Waals surface area contributed by atoms with Gasteiger partial charge in [-0.05, 0) is 75.7 Å². The van der Waals surface area contributed by atoms with Crippen molar-refractivity contribution in [1.82, 2.24) is 20.3 Å². The smallest absolute Gasteiger partial charge is 0.338 e. The lowest BCUT2D eigenvalue weighted by Crippen LogP contribution is -2.51. The number of nitrogens with one attached hydrogen (secondary N) is 1. The van der Waals surface area contributed by atoms with E-state index >= 15 is 0 Å². The minimum atomic E-state index is -1.12. The van der Waals surface area contributed by atoms with Crippen LogP contribution in [-0.2, 0) is 20.9 Å². The number of hydrogen-bond acceptors (Lipinski definition) is 7. The molecule has 0 aliphatic carbocycles. The second-order valence-electron chi connectivity index (χ2n) is 9.41. The van der Waals surface area contributed by atoms with Crippen molar-refractivity contribution in [3.05, 3.63) is 78.3 Å². The van der Waals surface area contributed by atoms with Crippen LogP contribution in [0.4, 0.5) is 5.69 Å². The molecule has 10 heteroatoms. The minimum absolute atomic E-state index is 0.179. The second-order valence-corrected chi connectivity index (χ2v) is 9.41. The maximum absolute atomic E-state index is 14.0. The normalized spacial score (nSPS) is 12.2. The number of esters is 1. The Morgan fingerprint density at radius 2 is 1.79 bits per heavy atom. The molecule has 0 fully saturated rings. The molecule has 2 heterocycles. The third-order valence-electron chi connectivity index (χ3n) is 6.30. The second kappa shape index (κ2) is 11.3. The van der Waals surface area contributed by atoms with E-state index in [0.29, 0.717) is 34.5 Å². The highest BCUT2D eigenvalue weighted by Crippen LogP contribution is 2.30. The van der Waals surface area contributed by atoms with Gasteiger partial charge in [0, 0.05) is 11.2 Å². The Hall–Kier alpha value is -4.47. The van der Waals surface area contributed by atoms with E-state index in [9.17, 15) is 14.4 Å². The first-order valence-electron chi connectivity index (χ1n) is 12.5. The molecule has 10 nitrogen and oxygen atoms in total. The molecule has 0 spiro atoms. The Labute approximate surface area is 220 Å². The lowest BCUT2D eigenvalue weighted by atomic mass is 10.0. The van der Waals surface area contributed by atoms with Gasteiger partial charge in [0.2, 0.25) is 5.91 Å². The number of carbonyl (C=O) groups is 3. The van der Waals surface area contributed by atoms with E-state index in [-0.39, 0.29) is 13.2 Å². The molecule has 0 saturated heterocycles. The molecular weight excluding hydrogens is 486 g/mol. The molecule has 2 amide bonds. The summed E-state index contributed by atoms with van der Waals surface area (Å²) in [6.45, 7) is 7.57. The standard InChI is InChI=1S/C28H31N5O5/c1-5-28(3,4)29-26(35)25(23-12-9-17-38-23)33(20-15-13-19(14-16-20)27(36)37-6-2)24(34)18-32-22-11-8-7-10-21(22)30-31-32/h7-17,25H,5-6,18H2,1-4H3,(H,29,35)/t25-/m0/s1. The van der Waals surface area contributed by atoms with Gasteiger partial charge < -0.3 is 14.5 Å². The number of aromatic nitrogens is 3. The molecule has 0 bridgehead atoms. The van der Waals surface area contributed by atoms with Gasteiger partial charge >= 0.3 is 5.97 Å². The van der Waals surface area contributed by atoms with E-state index in [2.05, 4.69) is 15.6 Å². The highest BCUT2D eigenvalue weighted by Gasteiger charge is 2.37. The van der Waals surface area contributed by atoms with Crippen LogP contribution in [0.1, 0.15) is 56.3 Å². The summed E-state index contributed by atoms with van der Waals surface area (Å²) >= 11 is 0. The van der Waals surface area contributed by atoms with E-state index in [1.54, 1.807) is 49.4 Å². The molecular formula is C28H31N5O5. The summed E-state index contributed by atoms with van der Waals surface area (Å²) in [5.41, 5.74) is 1.54. The van der Waals surface area contributed by atoms with Gasteiger partial charge in [-0.2, -0.15) is 0 Å². The van der Waals surface area contributed by atoms with Crippen molar-refractivity contribution in [1.29, 1.82) is 0 Å². The first-order chi connectivity index (χ1) is 18.2. The summed E-state index contributed by atoms with van der Waals surface area (Å²) in [7, 11) is 0. The summed E-state index contributed by atoms with van der Waals surface area (Å²) in [5, 5.41) is 11.3. The largest absolute Gasteiger partial charge is 0.467 e. The van der Waals surface area contributed by atoms with Gasteiger partial charge in [0.05, 0.1) is 24.0 Å². The van der Waals surface area contributed by atoms with Crippen LogP contribution in [0.5, 0.6) is 0 Å². The summed E-state index contributed by atoms with van der Waals surface area (Å²) in [6, 6.07) is 15.8. The predicted molar refractivity (Wildman–Crippen MR) is 141 cm³/mol. The van der Waals surface area contributed by atoms with Gasteiger partial charge in [-0.25, -0.2) is 9.48 Å². The Kier molecular flexibility index (Phi) is 7.90. The van der Waals surface area contributed by atoms with Crippen molar-refractivity contribution < 1.29 is 23.5 Å². The zero-order valence-corrected chi connectivity index (χ0v) is 21.9. The number of rotatable bonds is 10. The number of carbonyl (C=O) groups excluding carboxylic acids is 3. The Morgan fingerprint density at radius 1 is 1.05 bits per heavy atom. The summed E-state index contributed by atoms with van der Waals surface area (Å²) in [5.74, 6) is -1.01. The monoisotopic (exact) mass is 517 g/mol. The molecule has 4 rings (SSSR count). The molecule has 2 aromatic heterocycles. The molecule has 38 heavy (non-hydrogen) atoms. The molecule has 0 radical (unpaired) electrons. The van der Waals surface area contributed by atoms with Crippen molar-refractivity contribution in [2.45, 2.75) is 52.2 Å². The maximum Gasteiger partial charge on any atom is 0.338 e. The SMILES string of the molecule is CCOC(=O)c1ccc(N(C(=O)Cn2nnc3ccccc32)[C@H](C(=O)NC(C)(C)CC)c2ccco2)cc1. The van der Waals surface area contributed by atoms with Crippen molar-refractivity contribution in [3.63, 3.8) is 0 Å². The van der Waals surface area contributed by atoms with E-state index < -0.39 is 29.4 Å². The van der Waals surface area contributed by atoms with E-state index in [4.69, 9.17) is 9.15 Å². The van der Waals surface area contributed by atoms with Crippen molar-refractivity contribution in [2.75, 3.05) is 11.5 Å². The van der Waals surface area contributed by atoms with E-state index in [0.717, 1.165) is 0 Å². The Balaban J connectivity index is 1.77. The van der Waals surface area contributed by atoms with Crippen LogP contribution in [0.15, 0.2) is 71.3 Å². The van der Waals surface area contributed by atoms with Crippen LogP contribution >= 0.6 is 0 Å². The lowest BCUT2D eigenvalue weighted by molar-refractivity contribution is -0.128. The molecule has 1 N–H and O–H groups in total. The average molecular weight is 518 g/mol. The summed E-state index contributed by atoms with van der Waals surface area (Å²) < 4.78 is 12.2. The van der Waals surface area contributed by atoms with Crippen LogP contribution in [-0.4, -0.2) is 44.9 Å². The summed E-state index contributed by atoms with van der Waals surface area (Å²) in [4.78, 5) is 41.3. The van der Waals surface area contributed by atoms with Crippen molar-refractivity contribution >= 4 is 34.5 Å². The fraction of sp³-hybridized carbons (Fsp3) is 0.321. The molecule has 198 valence electrons. The minimum Gasteiger partial charge on any atom is -0.467 e. The van der Waals surface area contributed by atoms with Crippen LogP contribution < -0.4 is 10.2 Å². The van der Waals surface area contributed by atoms with E-state index in [1.165, 1.54) is 15.8 Å². The number of benzene rings is 2. The summed E-state index contributed by atoms with van der Waals surface area (Å²) in [6.07, 6.45) is 2.13. The fourth-order valence-corrected chi connectivity index (χ4v) is 3.96. The predicted octanol–water partition coefficient (Wildman–Crippen LogP) is 4.28. The average Bonchev–Trinajstić information content (AvgIpc) is 3.58. The third-order valence-corrected chi connectivity index (χ3v) is 6.30. The van der Waals surface area contributed by atoms with Gasteiger partial charge in [-0.3, -0.25) is 14.5 Å². The van der Waals surface area contributed by atoms with Gasteiger partial charge in [0.15, 0.2) is 6.04 Å². The maximum atomic E-state index is 14.0. The Morgan fingerprint density at radius 3 is 2.45 bits per heavy atom. The van der Waals surface area contributed by atoms with Crippen LogP contribution in [0, 0.1) is 0 Å². The van der Waals surface area contributed by atoms with Gasteiger partial charge in [-0.15, -0.1) is 5.10 Å². The van der Waals surface area contributed by atoms with Gasteiger partial charge in [0.25, 0.3) is 5.91 Å². The quantitative estimate of drug-likeness (QED) is 0.312. The van der Waals surface area contributed by atoms with Crippen LogP contribution in [0.2, 0.25) is 0 Å². The first kappa shape index (κ1) is 26.6. The number of anilines is 1. The number of nitrogens with zero attached hydrogens (tertiary/aromatic N) is 4. The fourth-order valence-electron chi connectivity index (χ4n) is 3.96. The van der Waals surface area contributed by atoms with E-state index in [1.807, 2.05) is 39.0 Å². The van der Waals surface area contributed by atoms with Crippen molar-refractivity contribution in [2.24, 2.45) is 0 Å². The molecule has 0 aliphatic rings. The zero-order valence-electron chi connectivity index (χ0n) is 21.9. The molecule has 1 atom stereocenters. The van der Waals surface area contributed by atoms with Crippen LogP contribution in [0.25, 0.3) is 11.0 Å². The number of para-hydroxylation sites is 1. The zero-order chi connectivity index (χ0) is 27.3. The highest BCUT2D eigenvalue weighted by molar-refractivity contribution is 6.02. The van der Waals surface area contributed by atoms with Crippen LogP contribution in [0.3, 0.4) is 0 Å². The molecule has 2 aromatic carbocycles.